The summed E-state index contributed by atoms with van der Waals surface area (Å²) in [5.41, 5.74) is 3.39. The summed E-state index contributed by atoms with van der Waals surface area (Å²) in [4.78, 5) is 21.4. The van der Waals surface area contributed by atoms with Crippen molar-refractivity contribution in [2.24, 2.45) is 4.99 Å². The molecule has 5 nitrogen and oxygen atoms in total. The minimum absolute atomic E-state index is 0.361. The van der Waals surface area contributed by atoms with Crippen LogP contribution >= 0.6 is 11.8 Å². The van der Waals surface area contributed by atoms with Crippen LogP contribution in [-0.4, -0.2) is 12.3 Å². The first kappa shape index (κ1) is 17.4. The Morgan fingerprint density at radius 2 is 1.87 bits per heavy atom. The Kier molecular flexibility index (Phi) is 3.76. The Bertz CT molecular complexity index is 1410. The van der Waals surface area contributed by atoms with E-state index in [1.165, 1.54) is 0 Å². The molecule has 0 spiro atoms. The van der Waals surface area contributed by atoms with E-state index in [9.17, 15) is 4.79 Å². The van der Waals surface area contributed by atoms with Gasteiger partial charge < -0.3 is 14.1 Å². The highest BCUT2D eigenvalue weighted by Gasteiger charge is 2.41. The molecule has 1 atom stereocenters. The lowest BCUT2D eigenvalue weighted by atomic mass is 9.94. The maximum absolute atomic E-state index is 13.2. The second-order valence-electron chi connectivity index (χ2n) is 7.16. The molecule has 3 heterocycles. The first-order chi connectivity index (χ1) is 14.7. The van der Waals surface area contributed by atoms with Crippen LogP contribution in [-0.2, 0) is 0 Å². The lowest BCUT2D eigenvalue weighted by molar-refractivity contribution is 0.414. The van der Waals surface area contributed by atoms with Crippen LogP contribution in [0.1, 0.15) is 17.2 Å². The fourth-order valence-electron chi connectivity index (χ4n) is 4.18. The molecule has 0 N–H and O–H groups in total. The van der Waals surface area contributed by atoms with Crippen molar-refractivity contribution in [3.05, 3.63) is 94.3 Å². The molecule has 3 aromatic carbocycles. The number of thioether (sulfide) groups is 1. The highest BCUT2D eigenvalue weighted by Crippen LogP contribution is 2.51. The third kappa shape index (κ3) is 2.44. The Morgan fingerprint density at radius 1 is 1.03 bits per heavy atom. The molecule has 146 valence electrons. The first-order valence-corrected chi connectivity index (χ1v) is 10.4. The molecule has 2 aliphatic rings. The van der Waals surface area contributed by atoms with Crippen LogP contribution in [0.2, 0.25) is 0 Å². The van der Waals surface area contributed by atoms with E-state index in [1.807, 2.05) is 54.6 Å². The van der Waals surface area contributed by atoms with Gasteiger partial charge in [-0.25, -0.2) is 9.79 Å². The first-order valence-electron chi connectivity index (χ1n) is 9.59. The van der Waals surface area contributed by atoms with Gasteiger partial charge in [0.1, 0.15) is 11.3 Å². The lowest BCUT2D eigenvalue weighted by Crippen LogP contribution is -2.36. The number of amidine groups is 1. The summed E-state index contributed by atoms with van der Waals surface area (Å²) < 4.78 is 11.2. The number of rotatable bonds is 2. The molecule has 0 amide bonds. The van der Waals surface area contributed by atoms with Gasteiger partial charge in [-0.05, 0) is 53.7 Å². The lowest BCUT2D eigenvalue weighted by Gasteiger charge is -2.34. The average Bonchev–Trinajstić information content (AvgIpc) is 3.16. The molecule has 6 heteroatoms. The Hall–Kier alpha value is -3.51. The van der Waals surface area contributed by atoms with E-state index in [-0.39, 0.29) is 11.7 Å². The van der Waals surface area contributed by atoms with E-state index in [0.29, 0.717) is 16.8 Å². The number of aliphatic imine (C=N–C) groups is 1. The van der Waals surface area contributed by atoms with Crippen LogP contribution in [0, 0.1) is 0 Å². The standard InChI is InChI=1S/C24H16N2O3S/c1-28-15-8-6-7-14(13-15)22-20-21(16-9-2-4-11-18(16)29-23(20)27)25-24-26(22)17-10-3-5-12-19(17)30-24/h2-13,22H,1H3. The normalized spacial score (nSPS) is 16.6. The smallest absolute Gasteiger partial charge is 0.344 e. The number of para-hydroxylation sites is 2. The summed E-state index contributed by atoms with van der Waals surface area (Å²) in [6.07, 6.45) is 0. The molecular formula is C24H16N2O3S. The van der Waals surface area contributed by atoms with Crippen molar-refractivity contribution >= 4 is 39.3 Å². The zero-order valence-electron chi connectivity index (χ0n) is 16.0. The number of hydrogen-bond acceptors (Lipinski definition) is 6. The van der Waals surface area contributed by atoms with Gasteiger partial charge in [-0.1, -0.05) is 36.4 Å². The van der Waals surface area contributed by atoms with Gasteiger partial charge in [0.25, 0.3) is 0 Å². The highest BCUT2D eigenvalue weighted by atomic mass is 32.2. The SMILES string of the molecule is COc1cccc(C2c3c(c4ccccc4oc3=O)N=C3Sc4ccccc4N32)c1. The van der Waals surface area contributed by atoms with Crippen LogP contribution in [0.4, 0.5) is 11.4 Å². The minimum Gasteiger partial charge on any atom is -0.497 e. The number of hydrogen-bond donors (Lipinski definition) is 0. The van der Waals surface area contributed by atoms with Crippen molar-refractivity contribution < 1.29 is 9.15 Å². The zero-order chi connectivity index (χ0) is 20.2. The monoisotopic (exact) mass is 412 g/mol. The number of benzene rings is 3. The fourth-order valence-corrected chi connectivity index (χ4v) is 5.23. The second kappa shape index (κ2) is 6.50. The number of nitrogens with zero attached hydrogens (tertiary/aromatic N) is 2. The van der Waals surface area contributed by atoms with Gasteiger partial charge in [0, 0.05) is 10.3 Å². The molecule has 0 saturated heterocycles. The predicted octanol–water partition coefficient (Wildman–Crippen LogP) is 5.50. The molecular weight excluding hydrogens is 396 g/mol. The maximum Gasteiger partial charge on any atom is 0.344 e. The third-order valence-electron chi connectivity index (χ3n) is 5.50. The summed E-state index contributed by atoms with van der Waals surface area (Å²) in [6.45, 7) is 0. The van der Waals surface area contributed by atoms with Gasteiger partial charge in [-0.2, -0.15) is 0 Å². The molecule has 0 fully saturated rings. The predicted molar refractivity (Wildman–Crippen MR) is 119 cm³/mol. The molecule has 1 unspecified atom stereocenters. The summed E-state index contributed by atoms with van der Waals surface area (Å²) in [6, 6.07) is 23.2. The van der Waals surface area contributed by atoms with Crippen LogP contribution in [0.5, 0.6) is 5.75 Å². The summed E-state index contributed by atoms with van der Waals surface area (Å²) in [5.74, 6) is 0.739. The second-order valence-corrected chi connectivity index (χ2v) is 8.17. The molecule has 30 heavy (non-hydrogen) atoms. The van der Waals surface area contributed by atoms with E-state index in [2.05, 4.69) is 17.0 Å². The molecule has 0 aliphatic carbocycles. The van der Waals surface area contributed by atoms with Crippen LogP contribution < -0.4 is 15.3 Å². The molecule has 0 saturated carbocycles. The largest absolute Gasteiger partial charge is 0.497 e. The van der Waals surface area contributed by atoms with Crippen molar-refractivity contribution in [1.29, 1.82) is 0 Å². The molecule has 4 aromatic rings. The average molecular weight is 412 g/mol. The van der Waals surface area contributed by atoms with E-state index in [0.717, 1.165) is 32.4 Å². The van der Waals surface area contributed by atoms with Crippen molar-refractivity contribution in [2.75, 3.05) is 12.0 Å². The van der Waals surface area contributed by atoms with Crippen molar-refractivity contribution in [3.8, 4) is 5.75 Å². The molecule has 2 aliphatic heterocycles. The third-order valence-corrected chi connectivity index (χ3v) is 6.54. The highest BCUT2D eigenvalue weighted by molar-refractivity contribution is 8.14. The van der Waals surface area contributed by atoms with Crippen molar-refractivity contribution in [2.45, 2.75) is 10.9 Å². The minimum atomic E-state index is -0.367. The summed E-state index contributed by atoms with van der Waals surface area (Å²) >= 11 is 1.62. The number of anilines is 1. The van der Waals surface area contributed by atoms with Crippen molar-refractivity contribution in [3.63, 3.8) is 0 Å². The van der Waals surface area contributed by atoms with Gasteiger partial charge in [0.15, 0.2) is 5.17 Å². The van der Waals surface area contributed by atoms with E-state index in [4.69, 9.17) is 14.1 Å². The van der Waals surface area contributed by atoms with Gasteiger partial charge in [-0.3, -0.25) is 0 Å². The zero-order valence-corrected chi connectivity index (χ0v) is 16.8. The van der Waals surface area contributed by atoms with Gasteiger partial charge in [-0.15, -0.1) is 0 Å². The molecule has 0 bridgehead atoms. The van der Waals surface area contributed by atoms with E-state index < -0.39 is 0 Å². The summed E-state index contributed by atoms with van der Waals surface area (Å²) in [5, 5.41) is 1.69. The summed E-state index contributed by atoms with van der Waals surface area (Å²) in [7, 11) is 1.64. The van der Waals surface area contributed by atoms with Gasteiger partial charge in [0.05, 0.1) is 30.1 Å². The Balaban J connectivity index is 1.70. The molecule has 6 rings (SSSR count). The topological polar surface area (TPSA) is 55.0 Å². The Morgan fingerprint density at radius 3 is 2.77 bits per heavy atom. The molecule has 0 radical (unpaired) electrons. The maximum atomic E-state index is 13.2. The van der Waals surface area contributed by atoms with E-state index in [1.54, 1.807) is 24.9 Å². The number of fused-ring (bicyclic) bond motifs is 6. The number of methoxy groups -OCH3 is 1. The van der Waals surface area contributed by atoms with Gasteiger partial charge >= 0.3 is 5.63 Å². The molecule has 1 aromatic heterocycles. The van der Waals surface area contributed by atoms with Crippen molar-refractivity contribution in [1.82, 2.24) is 0 Å². The van der Waals surface area contributed by atoms with Crippen LogP contribution in [0.15, 0.2) is 91.9 Å². The quantitative estimate of drug-likeness (QED) is 0.407. The van der Waals surface area contributed by atoms with Crippen LogP contribution in [0.25, 0.3) is 11.0 Å². The number of ether oxygens (including phenoxy) is 1. The van der Waals surface area contributed by atoms with Crippen LogP contribution in [0.3, 0.4) is 0 Å². The Labute approximate surface area is 176 Å². The van der Waals surface area contributed by atoms with Gasteiger partial charge in [0.2, 0.25) is 0 Å². The van der Waals surface area contributed by atoms with E-state index >= 15 is 0 Å². The fraction of sp³-hybridized carbons (Fsp3) is 0.0833.